The van der Waals surface area contributed by atoms with Crippen LogP contribution in [-0.4, -0.2) is 150 Å². The van der Waals surface area contributed by atoms with Crippen molar-refractivity contribution < 1.29 is 68.0 Å². The Morgan fingerprint density at radius 2 is 1.74 bits per heavy atom. The van der Waals surface area contributed by atoms with E-state index in [2.05, 4.69) is 0 Å². The van der Waals surface area contributed by atoms with Gasteiger partial charge in [-0.15, -0.1) is 0 Å². The Bertz CT molecular complexity index is 1230. The summed E-state index contributed by atoms with van der Waals surface area (Å²) in [4.78, 5) is 38.8. The first kappa shape index (κ1) is 45.1. The average Bonchev–Trinajstić information content (AvgIpc) is 3.06. The first-order chi connectivity index (χ1) is 24.9. The quantitative estimate of drug-likeness (QED) is 0.186. The molecule has 3 heterocycles. The van der Waals surface area contributed by atoms with Gasteiger partial charge in [0.1, 0.15) is 36.3 Å². The first-order valence-electron chi connectivity index (χ1n) is 18.7. The number of rotatable bonds is 10. The van der Waals surface area contributed by atoms with Crippen molar-refractivity contribution in [1.29, 1.82) is 0 Å². The van der Waals surface area contributed by atoms with Crippen LogP contribution in [0.15, 0.2) is 24.3 Å². The second-order valence-electron chi connectivity index (χ2n) is 15.1. The molecular formula is C38H63NO14. The van der Waals surface area contributed by atoms with Crippen molar-refractivity contribution in [3.8, 4) is 0 Å². The molecule has 0 bridgehead atoms. The number of methoxy groups -OCH3 is 1. The molecule has 4 N–H and O–H groups in total. The van der Waals surface area contributed by atoms with E-state index in [-0.39, 0.29) is 31.6 Å². The highest BCUT2D eigenvalue weighted by molar-refractivity contribution is 5.70. The Hall–Kier alpha value is -2.31. The molecule has 0 amide bonds. The number of carbonyl (C=O) groups excluding carboxylic acids is 3. The monoisotopic (exact) mass is 757 g/mol. The highest BCUT2D eigenvalue weighted by Gasteiger charge is 2.52. The van der Waals surface area contributed by atoms with Crippen molar-refractivity contribution in [3.63, 3.8) is 0 Å². The summed E-state index contributed by atoms with van der Waals surface area (Å²) in [6.07, 6.45) is -3.93. The molecule has 2 saturated heterocycles. The maximum Gasteiger partial charge on any atom is 0.308 e. The zero-order chi connectivity index (χ0) is 39.6. The number of nitrogens with zero attached hydrogens (tertiary/aromatic N) is 1. The minimum atomic E-state index is -1.47. The molecule has 0 aromatic carbocycles. The van der Waals surface area contributed by atoms with Crippen molar-refractivity contribution in [2.45, 2.75) is 165 Å². The van der Waals surface area contributed by atoms with Gasteiger partial charge in [0.05, 0.1) is 43.0 Å². The van der Waals surface area contributed by atoms with Crippen LogP contribution in [0.4, 0.5) is 0 Å². The van der Waals surface area contributed by atoms with Crippen LogP contribution in [0.5, 0.6) is 0 Å². The van der Waals surface area contributed by atoms with Crippen LogP contribution in [-0.2, 0) is 47.5 Å². The van der Waals surface area contributed by atoms with E-state index in [4.69, 9.17) is 33.2 Å². The summed E-state index contributed by atoms with van der Waals surface area (Å²) in [7, 11) is 4.85. The summed E-state index contributed by atoms with van der Waals surface area (Å²) in [6, 6.07) is -0.750. The molecule has 0 unspecified atom stereocenters. The number of aliphatic hydroxyl groups is 4. The van der Waals surface area contributed by atoms with Gasteiger partial charge in [-0.2, -0.15) is 0 Å². The van der Waals surface area contributed by atoms with Gasteiger partial charge >= 0.3 is 11.9 Å². The summed E-state index contributed by atoms with van der Waals surface area (Å²) >= 11 is 0. The third-order valence-corrected chi connectivity index (χ3v) is 10.3. The third-order valence-electron chi connectivity index (χ3n) is 10.3. The van der Waals surface area contributed by atoms with E-state index in [0.717, 1.165) is 0 Å². The summed E-state index contributed by atoms with van der Waals surface area (Å²) in [6.45, 7) is 10.2. The zero-order valence-electron chi connectivity index (χ0n) is 32.6. The van der Waals surface area contributed by atoms with E-state index in [1.165, 1.54) is 7.11 Å². The Kier molecular flexibility index (Phi) is 17.5. The van der Waals surface area contributed by atoms with Crippen LogP contribution in [0, 0.1) is 11.8 Å². The van der Waals surface area contributed by atoms with E-state index in [9.17, 15) is 34.8 Å². The van der Waals surface area contributed by atoms with Crippen molar-refractivity contribution in [2.24, 2.45) is 11.8 Å². The van der Waals surface area contributed by atoms with Gasteiger partial charge in [0.25, 0.3) is 0 Å². The highest BCUT2D eigenvalue weighted by atomic mass is 16.7. The fourth-order valence-electron chi connectivity index (χ4n) is 7.48. The van der Waals surface area contributed by atoms with Gasteiger partial charge in [-0.3, -0.25) is 9.59 Å². The standard InChI is InChI=1S/C38H63NO14/c1-10-28(43)51-36-24(5)49-30(20-38(36,6)46)52-33-23(4)50-37(32(45)31(33)39(7)8)53-34-25(16-17-40)18-21(2)26(41)15-13-11-12-14-22(3)48-29(44)19-27(42)35(34)47-9/h11-13,15,17,21-27,30-37,41-42,45-46H,10,14,16,18-20H2,1-9H3/b12-11+,15-13+/t21-,22-,23-,24+,25+,26+,27-,30+,31-,32-,33-,34+,35-,36+,37+,38-/m1/s1. The minimum absolute atomic E-state index is 0.0298. The molecule has 0 aromatic rings. The zero-order valence-corrected chi connectivity index (χ0v) is 32.6. The number of ether oxygens (including phenoxy) is 7. The molecule has 0 radical (unpaired) electrons. The molecule has 15 heteroatoms. The molecule has 304 valence electrons. The van der Waals surface area contributed by atoms with Crippen LogP contribution in [0.3, 0.4) is 0 Å². The van der Waals surface area contributed by atoms with Crippen LogP contribution < -0.4 is 0 Å². The van der Waals surface area contributed by atoms with Crippen LogP contribution in [0.25, 0.3) is 0 Å². The molecule has 3 aliphatic heterocycles. The van der Waals surface area contributed by atoms with Gasteiger partial charge in [-0.1, -0.05) is 38.2 Å². The topological polar surface area (TPSA) is 200 Å². The maximum atomic E-state index is 12.9. The van der Waals surface area contributed by atoms with Gasteiger partial charge < -0.3 is 63.3 Å². The fourth-order valence-corrected chi connectivity index (χ4v) is 7.48. The molecule has 3 aliphatic rings. The highest BCUT2D eigenvalue weighted by Crippen LogP contribution is 2.37. The van der Waals surface area contributed by atoms with Gasteiger partial charge in [0.15, 0.2) is 18.7 Å². The van der Waals surface area contributed by atoms with Gasteiger partial charge in [0.2, 0.25) is 0 Å². The van der Waals surface area contributed by atoms with Crippen molar-refractivity contribution in [2.75, 3.05) is 21.2 Å². The molecule has 16 atom stereocenters. The third kappa shape index (κ3) is 12.3. The Morgan fingerprint density at radius 1 is 1.04 bits per heavy atom. The molecule has 3 rings (SSSR count). The SMILES string of the molecule is CCC(=O)O[C@H]1[C@H](C)O[C@@H](O[C@H]2[C@H](N(C)C)[C@@H](O)[C@H](O[C@H]3[C@@H](CC=O)C[C@@H](C)[C@@H](O)/C=C/C=C/C[C@@H](C)OC(=O)C[C@@H](O)[C@H]3OC)O[C@@H]2C)C[C@@]1(C)O. The number of hydrogen-bond acceptors (Lipinski definition) is 15. The number of esters is 2. The van der Waals surface area contributed by atoms with E-state index in [1.807, 2.05) is 13.0 Å². The average molecular weight is 758 g/mol. The normalized spacial score (nSPS) is 43.4. The number of aldehydes is 1. The second-order valence-corrected chi connectivity index (χ2v) is 15.1. The Labute approximate surface area is 313 Å². The molecular weight excluding hydrogens is 694 g/mol. The van der Waals surface area contributed by atoms with E-state index >= 15 is 0 Å². The van der Waals surface area contributed by atoms with Gasteiger partial charge in [0, 0.05) is 32.8 Å². The summed E-state index contributed by atoms with van der Waals surface area (Å²) in [5.41, 5.74) is -1.47. The maximum absolute atomic E-state index is 12.9. The predicted octanol–water partition coefficient (Wildman–Crippen LogP) is 1.81. The molecule has 15 nitrogen and oxygen atoms in total. The lowest BCUT2D eigenvalue weighted by Gasteiger charge is -2.50. The van der Waals surface area contributed by atoms with Crippen LogP contribution in [0.1, 0.15) is 80.1 Å². The second kappa shape index (κ2) is 20.6. The summed E-state index contributed by atoms with van der Waals surface area (Å²) in [5, 5.41) is 45.5. The molecule has 0 aliphatic carbocycles. The Balaban J connectivity index is 1.92. The molecule has 2 fully saturated rings. The lowest BCUT2D eigenvalue weighted by molar-refractivity contribution is -0.344. The molecule has 0 aromatic heterocycles. The predicted molar refractivity (Wildman–Crippen MR) is 191 cm³/mol. The Morgan fingerprint density at radius 3 is 2.34 bits per heavy atom. The fraction of sp³-hybridized carbons (Fsp3) is 0.816. The largest absolute Gasteiger partial charge is 0.462 e. The van der Waals surface area contributed by atoms with Crippen LogP contribution >= 0.6 is 0 Å². The van der Waals surface area contributed by atoms with Crippen LogP contribution in [0.2, 0.25) is 0 Å². The number of aliphatic hydroxyl groups excluding tert-OH is 3. The lowest BCUT2D eigenvalue weighted by atomic mass is 9.82. The van der Waals surface area contributed by atoms with E-state index in [0.29, 0.717) is 12.7 Å². The van der Waals surface area contributed by atoms with E-state index < -0.39 is 110 Å². The van der Waals surface area contributed by atoms with Crippen molar-refractivity contribution >= 4 is 18.2 Å². The number of carbonyl (C=O) groups is 3. The minimum Gasteiger partial charge on any atom is -0.462 e. The van der Waals surface area contributed by atoms with Crippen molar-refractivity contribution in [3.05, 3.63) is 24.3 Å². The molecule has 0 spiro atoms. The number of likely N-dealkylation sites (N-methyl/N-ethyl adjacent to an activating group) is 1. The van der Waals surface area contributed by atoms with Gasteiger partial charge in [-0.25, -0.2) is 0 Å². The number of allylic oxidation sites excluding steroid dienone is 2. The summed E-state index contributed by atoms with van der Waals surface area (Å²) < 4.78 is 42.1. The smallest absolute Gasteiger partial charge is 0.308 e. The molecule has 53 heavy (non-hydrogen) atoms. The first-order valence-corrected chi connectivity index (χ1v) is 18.7. The number of cyclic esters (lactones) is 1. The lowest BCUT2D eigenvalue weighted by Crippen LogP contribution is -2.66. The van der Waals surface area contributed by atoms with E-state index in [1.54, 1.807) is 71.8 Å². The molecule has 0 saturated carbocycles. The summed E-state index contributed by atoms with van der Waals surface area (Å²) in [5.74, 6) is -2.14. The van der Waals surface area contributed by atoms with Crippen molar-refractivity contribution in [1.82, 2.24) is 4.90 Å². The van der Waals surface area contributed by atoms with Gasteiger partial charge in [-0.05, 0) is 60.0 Å². The number of hydrogen-bond donors (Lipinski definition) is 4.